The summed E-state index contributed by atoms with van der Waals surface area (Å²) in [5.74, 6) is 0.623. The zero-order valence-corrected chi connectivity index (χ0v) is 10.7. The van der Waals surface area contributed by atoms with Gasteiger partial charge in [0.05, 0.1) is 19.8 Å². The molecule has 0 bridgehead atoms. The molecule has 0 saturated heterocycles. The zero-order valence-electron chi connectivity index (χ0n) is 9.91. The largest absolute Gasteiger partial charge is 0.495 e. The van der Waals surface area contributed by atoms with E-state index in [1.807, 2.05) is 12.1 Å². The highest BCUT2D eigenvalue weighted by atomic mass is 35.5. The van der Waals surface area contributed by atoms with Gasteiger partial charge in [-0.05, 0) is 18.1 Å². The third-order valence-electron chi connectivity index (χ3n) is 2.78. The molecule has 0 amide bonds. The fourth-order valence-corrected chi connectivity index (χ4v) is 1.79. The van der Waals surface area contributed by atoms with E-state index >= 15 is 0 Å². The van der Waals surface area contributed by atoms with Crippen molar-refractivity contribution in [3.63, 3.8) is 0 Å². The molecule has 0 radical (unpaired) electrons. The standard InChI is InChI=1S/C11H16BNO4.ClH/c13-9(6-14)4-5-16-10-3-1-2-8-7-17-12(15)11(8)10;/h1-3,9,14-15H,4-7,13H2;1H. The van der Waals surface area contributed by atoms with Gasteiger partial charge in [0.1, 0.15) is 5.75 Å². The first-order valence-electron chi connectivity index (χ1n) is 5.63. The summed E-state index contributed by atoms with van der Waals surface area (Å²) in [6.45, 7) is 0.761. The predicted molar refractivity (Wildman–Crippen MR) is 71.3 cm³/mol. The van der Waals surface area contributed by atoms with Gasteiger partial charge in [-0.3, -0.25) is 0 Å². The molecule has 1 aliphatic heterocycles. The number of ether oxygens (including phenoxy) is 1. The normalized spacial score (nSPS) is 14.9. The number of hydrogen-bond donors (Lipinski definition) is 3. The quantitative estimate of drug-likeness (QED) is 0.625. The number of halogens is 1. The van der Waals surface area contributed by atoms with E-state index in [2.05, 4.69) is 0 Å². The lowest BCUT2D eigenvalue weighted by atomic mass is 9.79. The Labute approximate surface area is 112 Å². The van der Waals surface area contributed by atoms with Crippen LogP contribution < -0.4 is 15.9 Å². The summed E-state index contributed by atoms with van der Waals surface area (Å²) in [5, 5.41) is 18.4. The molecule has 0 saturated carbocycles. The highest BCUT2D eigenvalue weighted by molar-refractivity contribution is 6.62. The van der Waals surface area contributed by atoms with Crippen LogP contribution >= 0.6 is 12.4 Å². The third kappa shape index (κ3) is 3.37. The molecule has 100 valence electrons. The third-order valence-corrected chi connectivity index (χ3v) is 2.78. The van der Waals surface area contributed by atoms with Crippen LogP contribution in [0.1, 0.15) is 12.0 Å². The molecule has 4 N–H and O–H groups in total. The highest BCUT2D eigenvalue weighted by Gasteiger charge is 2.30. The smallest absolute Gasteiger partial charge is 0.494 e. The molecule has 1 unspecified atom stereocenters. The maximum Gasteiger partial charge on any atom is 0.495 e. The Bertz CT molecular complexity index is 393. The van der Waals surface area contributed by atoms with E-state index in [0.717, 1.165) is 5.56 Å². The maximum atomic E-state index is 9.65. The van der Waals surface area contributed by atoms with Crippen molar-refractivity contribution in [3.8, 4) is 5.75 Å². The van der Waals surface area contributed by atoms with Gasteiger partial charge >= 0.3 is 7.12 Å². The van der Waals surface area contributed by atoms with Crippen LogP contribution in [0.3, 0.4) is 0 Å². The van der Waals surface area contributed by atoms with E-state index in [1.165, 1.54) is 0 Å². The number of aliphatic hydroxyl groups is 1. The summed E-state index contributed by atoms with van der Waals surface area (Å²) in [6, 6.07) is 5.29. The number of fused-ring (bicyclic) bond motifs is 1. The van der Waals surface area contributed by atoms with Crippen LogP contribution in [-0.4, -0.2) is 36.5 Å². The summed E-state index contributed by atoms with van der Waals surface area (Å²) < 4.78 is 10.7. The molecule has 0 aliphatic carbocycles. The summed E-state index contributed by atoms with van der Waals surface area (Å²) in [7, 11) is -0.910. The van der Waals surface area contributed by atoms with Gasteiger partial charge in [0.2, 0.25) is 0 Å². The molecule has 0 fully saturated rings. The van der Waals surface area contributed by atoms with Crippen LogP contribution in [0.4, 0.5) is 0 Å². The fourth-order valence-electron chi connectivity index (χ4n) is 1.79. The van der Waals surface area contributed by atoms with Crippen molar-refractivity contribution in [2.75, 3.05) is 13.2 Å². The second-order valence-electron chi connectivity index (χ2n) is 4.07. The molecular weight excluding hydrogens is 256 g/mol. The molecule has 5 nitrogen and oxygen atoms in total. The number of aliphatic hydroxyl groups excluding tert-OH is 1. The van der Waals surface area contributed by atoms with Crippen molar-refractivity contribution < 1.29 is 19.5 Å². The molecule has 1 heterocycles. The Kier molecular flexibility index (Phi) is 5.91. The summed E-state index contributed by atoms with van der Waals surface area (Å²) in [5.41, 5.74) is 7.22. The summed E-state index contributed by atoms with van der Waals surface area (Å²) >= 11 is 0. The van der Waals surface area contributed by atoms with Gasteiger partial charge in [-0.1, -0.05) is 12.1 Å². The Morgan fingerprint density at radius 1 is 1.50 bits per heavy atom. The maximum absolute atomic E-state index is 9.65. The Morgan fingerprint density at radius 3 is 3.00 bits per heavy atom. The zero-order chi connectivity index (χ0) is 12.3. The number of benzene rings is 1. The van der Waals surface area contributed by atoms with Crippen LogP contribution in [0, 0.1) is 0 Å². The molecule has 0 aromatic heterocycles. The van der Waals surface area contributed by atoms with Crippen molar-refractivity contribution in [1.82, 2.24) is 0 Å². The number of hydrogen-bond acceptors (Lipinski definition) is 5. The summed E-state index contributed by atoms with van der Waals surface area (Å²) in [4.78, 5) is 0. The van der Waals surface area contributed by atoms with E-state index < -0.39 is 7.12 Å². The van der Waals surface area contributed by atoms with Gasteiger partial charge in [0.25, 0.3) is 0 Å². The summed E-state index contributed by atoms with van der Waals surface area (Å²) in [6.07, 6.45) is 0.567. The average molecular weight is 274 g/mol. The molecule has 1 aromatic carbocycles. The lowest BCUT2D eigenvalue weighted by Gasteiger charge is -2.12. The molecule has 2 rings (SSSR count). The van der Waals surface area contributed by atoms with Crippen molar-refractivity contribution in [2.24, 2.45) is 5.73 Å². The average Bonchev–Trinajstić information content (AvgIpc) is 2.72. The van der Waals surface area contributed by atoms with Gasteiger partial charge in [0.15, 0.2) is 0 Å². The van der Waals surface area contributed by atoms with Gasteiger partial charge in [-0.25, -0.2) is 0 Å². The first kappa shape index (κ1) is 15.3. The molecule has 1 aromatic rings. The number of rotatable bonds is 5. The van der Waals surface area contributed by atoms with Gasteiger partial charge in [-0.2, -0.15) is 0 Å². The van der Waals surface area contributed by atoms with Gasteiger partial charge in [0, 0.05) is 11.5 Å². The molecule has 7 heteroatoms. The van der Waals surface area contributed by atoms with Crippen LogP contribution in [0.25, 0.3) is 0 Å². The van der Waals surface area contributed by atoms with Gasteiger partial charge in [-0.15, -0.1) is 12.4 Å². The first-order valence-corrected chi connectivity index (χ1v) is 5.63. The van der Waals surface area contributed by atoms with Gasteiger partial charge < -0.3 is 25.3 Å². The minimum atomic E-state index is -0.910. The van der Waals surface area contributed by atoms with E-state index in [-0.39, 0.29) is 25.1 Å². The lowest BCUT2D eigenvalue weighted by Crippen LogP contribution is -2.31. The second-order valence-corrected chi connectivity index (χ2v) is 4.07. The molecule has 18 heavy (non-hydrogen) atoms. The molecule has 1 aliphatic rings. The van der Waals surface area contributed by atoms with Crippen molar-refractivity contribution in [3.05, 3.63) is 23.8 Å². The minimum Gasteiger partial charge on any atom is -0.494 e. The monoisotopic (exact) mass is 273 g/mol. The Hall–Kier alpha value is -0.785. The van der Waals surface area contributed by atoms with E-state index in [4.69, 9.17) is 20.2 Å². The van der Waals surface area contributed by atoms with Crippen LogP contribution in [0.2, 0.25) is 0 Å². The van der Waals surface area contributed by atoms with E-state index in [0.29, 0.717) is 30.8 Å². The molecule has 0 spiro atoms. The van der Waals surface area contributed by atoms with E-state index in [9.17, 15) is 5.02 Å². The van der Waals surface area contributed by atoms with Crippen LogP contribution in [0.15, 0.2) is 18.2 Å². The fraction of sp³-hybridized carbons (Fsp3) is 0.455. The first-order chi connectivity index (χ1) is 8.22. The van der Waals surface area contributed by atoms with Crippen molar-refractivity contribution in [1.29, 1.82) is 0 Å². The van der Waals surface area contributed by atoms with Crippen molar-refractivity contribution >= 4 is 25.0 Å². The Balaban J connectivity index is 0.00000162. The van der Waals surface area contributed by atoms with Crippen LogP contribution in [0.5, 0.6) is 5.75 Å². The predicted octanol–water partition coefficient (Wildman–Crippen LogP) is -0.585. The van der Waals surface area contributed by atoms with E-state index in [1.54, 1.807) is 6.07 Å². The highest BCUT2D eigenvalue weighted by Crippen LogP contribution is 2.18. The van der Waals surface area contributed by atoms with Crippen LogP contribution in [-0.2, 0) is 11.3 Å². The lowest BCUT2D eigenvalue weighted by molar-refractivity contribution is 0.230. The SMILES string of the molecule is Cl.NC(CO)CCOc1cccc2c1B(O)OC2. The topological polar surface area (TPSA) is 84.9 Å². The molecular formula is C11H17BClNO4. The Morgan fingerprint density at radius 2 is 2.28 bits per heavy atom. The van der Waals surface area contributed by atoms with Crippen molar-refractivity contribution in [2.45, 2.75) is 19.1 Å². The second kappa shape index (κ2) is 6.96. The number of nitrogens with two attached hydrogens (primary N) is 1. The molecule has 1 atom stereocenters. The minimum absolute atomic E-state index is 0.